The first-order chi connectivity index (χ1) is 15.6. The van der Waals surface area contributed by atoms with Gasteiger partial charge in [-0.25, -0.2) is 9.78 Å². The number of hydrogen-bond donors (Lipinski definition) is 1. The third-order valence-electron chi connectivity index (χ3n) is 5.67. The van der Waals surface area contributed by atoms with Crippen LogP contribution in [0.2, 0.25) is 0 Å². The van der Waals surface area contributed by atoms with Crippen LogP contribution in [-0.2, 0) is 25.4 Å². The number of aromatic hydroxyl groups is 1. The number of fused-ring (bicyclic) bond motifs is 1. The number of benzene rings is 1. The minimum atomic E-state index is -0.435. The molecule has 1 amide bonds. The molecule has 0 saturated carbocycles. The molecule has 1 saturated heterocycles. The van der Waals surface area contributed by atoms with Crippen LogP contribution >= 0.6 is 43.6 Å². The number of thioether (sulfide) groups is 1. The van der Waals surface area contributed by atoms with Gasteiger partial charge >= 0.3 is 5.69 Å². The first kappa shape index (κ1) is 23.9. The third kappa shape index (κ3) is 4.33. The van der Waals surface area contributed by atoms with Crippen molar-refractivity contribution in [3.63, 3.8) is 0 Å². The molecule has 2 aromatic heterocycles. The van der Waals surface area contributed by atoms with E-state index in [1.54, 1.807) is 52.4 Å². The lowest BCUT2D eigenvalue weighted by Gasteiger charge is -2.28. The molecule has 1 N–H and O–H groups in total. The van der Waals surface area contributed by atoms with Crippen molar-refractivity contribution in [3.8, 4) is 5.75 Å². The summed E-state index contributed by atoms with van der Waals surface area (Å²) in [5.41, 5.74) is 0.329. The number of carbonyl (C=O) groups is 1. The molecule has 33 heavy (non-hydrogen) atoms. The molecular weight excluding hydrogens is 580 g/mol. The van der Waals surface area contributed by atoms with Crippen molar-refractivity contribution in [2.45, 2.75) is 11.9 Å². The molecule has 3 heterocycles. The van der Waals surface area contributed by atoms with E-state index in [0.717, 1.165) is 14.8 Å². The maximum absolute atomic E-state index is 13.2. The van der Waals surface area contributed by atoms with E-state index in [2.05, 4.69) is 36.8 Å². The summed E-state index contributed by atoms with van der Waals surface area (Å²) in [5, 5.41) is 10.2. The van der Waals surface area contributed by atoms with E-state index in [1.807, 2.05) is 0 Å². The van der Waals surface area contributed by atoms with Gasteiger partial charge in [0, 0.05) is 37.9 Å². The fourth-order valence-corrected chi connectivity index (χ4v) is 6.33. The summed E-state index contributed by atoms with van der Waals surface area (Å²) < 4.78 is 5.42. The lowest BCUT2D eigenvalue weighted by molar-refractivity contribution is -0.129. The number of anilines is 1. The third-order valence-corrected chi connectivity index (χ3v) is 7.94. The van der Waals surface area contributed by atoms with Gasteiger partial charge < -0.3 is 19.5 Å². The normalized spacial score (nSPS) is 16.0. The van der Waals surface area contributed by atoms with E-state index in [4.69, 9.17) is 0 Å². The van der Waals surface area contributed by atoms with Gasteiger partial charge in [-0.3, -0.25) is 18.7 Å². The number of carbonyl (C=O) groups excluding carboxylic acids is 1. The molecule has 1 fully saturated rings. The molecule has 0 radical (unpaired) electrons. The summed E-state index contributed by atoms with van der Waals surface area (Å²) in [6.07, 6.45) is 1.54. The molecule has 1 aromatic carbocycles. The molecule has 1 unspecified atom stereocenters. The minimum Gasteiger partial charge on any atom is -0.505 e. The molecule has 10 nitrogen and oxygen atoms in total. The largest absolute Gasteiger partial charge is 0.505 e. The van der Waals surface area contributed by atoms with Crippen LogP contribution in [0.3, 0.4) is 0 Å². The second kappa shape index (κ2) is 9.18. The zero-order chi connectivity index (χ0) is 24.0. The van der Waals surface area contributed by atoms with Gasteiger partial charge in [-0.2, -0.15) is 0 Å². The van der Waals surface area contributed by atoms with E-state index in [0.29, 0.717) is 34.4 Å². The number of nitrogens with zero attached hydrogens (tertiary/aromatic N) is 6. The number of halogens is 2. The number of rotatable bonds is 5. The number of aromatic nitrogens is 4. The van der Waals surface area contributed by atoms with E-state index in [9.17, 15) is 19.5 Å². The van der Waals surface area contributed by atoms with Crippen molar-refractivity contribution in [1.82, 2.24) is 23.6 Å². The summed E-state index contributed by atoms with van der Waals surface area (Å²) in [4.78, 5) is 45.8. The van der Waals surface area contributed by atoms with Crippen LogP contribution in [-0.4, -0.2) is 65.9 Å². The molecule has 1 aliphatic rings. The Hall–Kier alpha value is -2.25. The molecule has 0 spiro atoms. The van der Waals surface area contributed by atoms with Crippen LogP contribution in [0.15, 0.2) is 37.0 Å². The molecule has 4 rings (SSSR count). The summed E-state index contributed by atoms with van der Waals surface area (Å²) in [5.74, 6) is 0.747. The fraction of sp³-hybridized carbons (Fsp3) is 0.400. The van der Waals surface area contributed by atoms with Crippen molar-refractivity contribution in [3.05, 3.63) is 48.2 Å². The van der Waals surface area contributed by atoms with E-state index in [-0.39, 0.29) is 23.6 Å². The zero-order valence-corrected chi connectivity index (χ0v) is 22.1. The summed E-state index contributed by atoms with van der Waals surface area (Å²) in [6.45, 7) is 1.03. The van der Waals surface area contributed by atoms with Gasteiger partial charge in [-0.05, 0) is 28.1 Å². The Morgan fingerprint density at radius 2 is 2.00 bits per heavy atom. The minimum absolute atomic E-state index is 0.0622. The molecule has 3 aromatic rings. The van der Waals surface area contributed by atoms with Crippen LogP contribution in [0.4, 0.5) is 5.69 Å². The quantitative estimate of drug-likeness (QED) is 0.474. The summed E-state index contributed by atoms with van der Waals surface area (Å²) in [7, 11) is 4.76. The van der Waals surface area contributed by atoms with Crippen LogP contribution in [0.25, 0.3) is 11.2 Å². The first-order valence-corrected chi connectivity index (χ1v) is 12.6. The van der Waals surface area contributed by atoms with Crippen molar-refractivity contribution in [2.24, 2.45) is 14.1 Å². The highest BCUT2D eigenvalue weighted by Crippen LogP contribution is 2.37. The molecule has 0 aliphatic carbocycles. The van der Waals surface area contributed by atoms with Crippen molar-refractivity contribution >= 4 is 66.4 Å². The molecule has 0 bridgehead atoms. The average Bonchev–Trinajstić information content (AvgIpc) is 3.40. The standard InChI is InChI=1S/C20H22Br2N6O4S/c1-24(13-7-11(21)6-12(22)17(13)30)8-14(29)28-4-5-33-15(28)9-27-10-23-18-16(27)19(31)26(3)20(32)25(18)2/h6-7,10,15,30H,4-5,8-9H2,1-3H3. The number of likely N-dealkylation sites (N-methyl/N-ethyl adjacent to an activating group) is 1. The van der Waals surface area contributed by atoms with Gasteiger partial charge in [0.05, 0.1) is 35.0 Å². The van der Waals surface area contributed by atoms with Gasteiger partial charge in [0.2, 0.25) is 5.91 Å². The SMILES string of the molecule is CN(CC(=O)N1CCSC1Cn1cnc2c1c(=O)n(C)c(=O)n2C)c1cc(Br)cc(Br)c1O. The highest BCUT2D eigenvalue weighted by molar-refractivity contribution is 9.11. The number of imidazole rings is 1. The monoisotopic (exact) mass is 600 g/mol. The smallest absolute Gasteiger partial charge is 0.332 e. The molecule has 176 valence electrons. The predicted molar refractivity (Wildman–Crippen MR) is 135 cm³/mol. The number of hydrogen-bond acceptors (Lipinski definition) is 7. The maximum Gasteiger partial charge on any atom is 0.332 e. The van der Waals surface area contributed by atoms with Gasteiger partial charge in [-0.1, -0.05) is 15.9 Å². The molecule has 1 atom stereocenters. The van der Waals surface area contributed by atoms with Gasteiger partial charge in [0.1, 0.15) is 0 Å². The van der Waals surface area contributed by atoms with Crippen molar-refractivity contribution in [2.75, 3.05) is 30.8 Å². The summed E-state index contributed by atoms with van der Waals surface area (Å²) in [6, 6.07) is 3.48. The number of amides is 1. The van der Waals surface area contributed by atoms with Gasteiger partial charge in [-0.15, -0.1) is 11.8 Å². The second-order valence-electron chi connectivity index (χ2n) is 7.80. The Balaban J connectivity index is 1.56. The van der Waals surface area contributed by atoms with Crippen molar-refractivity contribution < 1.29 is 9.90 Å². The zero-order valence-electron chi connectivity index (χ0n) is 18.2. The van der Waals surface area contributed by atoms with E-state index >= 15 is 0 Å². The Morgan fingerprint density at radius 1 is 1.27 bits per heavy atom. The first-order valence-electron chi connectivity index (χ1n) is 10.0. The van der Waals surface area contributed by atoms with E-state index < -0.39 is 11.2 Å². The Bertz CT molecular complexity index is 1370. The number of phenolic OH excluding ortho intramolecular Hbond substituents is 1. The highest BCUT2D eigenvalue weighted by atomic mass is 79.9. The van der Waals surface area contributed by atoms with Crippen LogP contribution in [0.5, 0.6) is 5.75 Å². The average molecular weight is 602 g/mol. The van der Waals surface area contributed by atoms with Gasteiger partial charge in [0.25, 0.3) is 5.56 Å². The Morgan fingerprint density at radius 3 is 2.73 bits per heavy atom. The van der Waals surface area contributed by atoms with Crippen molar-refractivity contribution in [1.29, 1.82) is 0 Å². The Labute approximate surface area is 210 Å². The maximum atomic E-state index is 13.2. The van der Waals surface area contributed by atoms with Crippen LogP contribution < -0.4 is 16.1 Å². The highest BCUT2D eigenvalue weighted by Gasteiger charge is 2.31. The lowest BCUT2D eigenvalue weighted by Crippen LogP contribution is -2.43. The summed E-state index contributed by atoms with van der Waals surface area (Å²) >= 11 is 8.36. The Kier molecular flexibility index (Phi) is 6.65. The predicted octanol–water partition coefficient (Wildman–Crippen LogP) is 1.70. The van der Waals surface area contributed by atoms with Gasteiger partial charge in [0.15, 0.2) is 16.9 Å². The van der Waals surface area contributed by atoms with Crippen LogP contribution in [0, 0.1) is 0 Å². The molecule has 1 aliphatic heterocycles. The molecule has 13 heteroatoms. The molecular formula is C20H22Br2N6O4S. The van der Waals surface area contributed by atoms with E-state index in [1.165, 1.54) is 17.9 Å². The fourth-order valence-electron chi connectivity index (χ4n) is 3.88. The lowest BCUT2D eigenvalue weighted by atomic mass is 10.2. The second-order valence-corrected chi connectivity index (χ2v) is 10.9. The number of phenols is 1. The van der Waals surface area contributed by atoms with Crippen LogP contribution in [0.1, 0.15) is 0 Å². The number of aryl methyl sites for hydroxylation is 1. The topological polar surface area (TPSA) is 106 Å².